The molecule has 2 aromatic rings. The summed E-state index contributed by atoms with van der Waals surface area (Å²) in [6.07, 6.45) is -1.57. The van der Waals surface area contributed by atoms with E-state index >= 15 is 0 Å². The molecule has 1 heterocycles. The maximum absolute atomic E-state index is 12.4. The summed E-state index contributed by atoms with van der Waals surface area (Å²) >= 11 is 0. The molecule has 1 aliphatic heterocycles. The first-order valence-corrected chi connectivity index (χ1v) is 7.60. The third-order valence-electron chi connectivity index (χ3n) is 4.32. The monoisotopic (exact) mass is 340 g/mol. The number of amides is 2. The molecule has 1 aliphatic carbocycles. The highest BCUT2D eigenvalue weighted by molar-refractivity contribution is 6.20. The van der Waals surface area contributed by atoms with Crippen molar-refractivity contribution in [2.45, 2.75) is 18.6 Å². The topological polar surface area (TPSA) is 99.0 Å². The van der Waals surface area contributed by atoms with Crippen molar-refractivity contribution in [3.63, 3.8) is 0 Å². The summed E-state index contributed by atoms with van der Waals surface area (Å²) in [5, 5.41) is 10.6. The van der Waals surface area contributed by atoms with Crippen LogP contribution in [0.15, 0.2) is 48.5 Å². The molecule has 0 saturated carbocycles. The normalized spacial score (nSPS) is 21.2. The van der Waals surface area contributed by atoms with Gasteiger partial charge in [0.25, 0.3) is 16.9 Å². The number of hydrogen-bond donors (Lipinski definition) is 0. The second-order valence-electron chi connectivity index (χ2n) is 5.75. The van der Waals surface area contributed by atoms with Gasteiger partial charge in [0.2, 0.25) is 0 Å². The van der Waals surface area contributed by atoms with Crippen LogP contribution in [-0.2, 0) is 16.1 Å². The molecule has 2 aromatic carbocycles. The molecule has 126 valence electrons. The number of fused-ring (bicyclic) bond motifs is 2. The summed E-state index contributed by atoms with van der Waals surface area (Å²) in [5.41, 5.74) is 1.92. The highest BCUT2D eigenvalue weighted by Crippen LogP contribution is 2.37. The summed E-state index contributed by atoms with van der Waals surface area (Å²) in [5.74, 6) is -1.17. The minimum atomic E-state index is -1.00. The Morgan fingerprint density at radius 1 is 1.00 bits per heavy atom. The zero-order valence-electron chi connectivity index (χ0n) is 12.8. The summed E-state index contributed by atoms with van der Waals surface area (Å²) in [4.78, 5) is 46.0. The molecule has 0 radical (unpaired) electrons. The lowest BCUT2D eigenvalue weighted by Gasteiger charge is -2.23. The van der Waals surface area contributed by atoms with Gasteiger partial charge in [-0.15, -0.1) is 15.2 Å². The van der Waals surface area contributed by atoms with Gasteiger partial charge < -0.3 is 4.84 Å². The lowest BCUT2D eigenvalue weighted by molar-refractivity contribution is -0.773. The number of imide groups is 1. The fourth-order valence-corrected chi connectivity index (χ4v) is 3.23. The SMILES string of the molecule is O=C1c2ccccc2C(=O)N1O[C@H]1Cc2ccccc2[C@@H]1O[N+](=O)[O-]. The summed E-state index contributed by atoms with van der Waals surface area (Å²) in [7, 11) is 0. The number of rotatable bonds is 4. The zero-order valence-corrected chi connectivity index (χ0v) is 12.8. The zero-order chi connectivity index (χ0) is 17.6. The molecule has 0 saturated heterocycles. The van der Waals surface area contributed by atoms with E-state index < -0.39 is 29.1 Å². The average molecular weight is 340 g/mol. The van der Waals surface area contributed by atoms with Gasteiger partial charge in [-0.2, -0.15) is 0 Å². The number of carbonyl (C=O) groups excluding carboxylic acids is 2. The molecule has 25 heavy (non-hydrogen) atoms. The number of benzene rings is 2. The third kappa shape index (κ3) is 2.43. The fourth-order valence-electron chi connectivity index (χ4n) is 3.23. The van der Waals surface area contributed by atoms with Gasteiger partial charge in [-0.25, -0.2) is 0 Å². The van der Waals surface area contributed by atoms with E-state index in [9.17, 15) is 19.7 Å². The van der Waals surface area contributed by atoms with Crippen LogP contribution in [0.5, 0.6) is 0 Å². The molecule has 8 nitrogen and oxygen atoms in total. The lowest BCUT2D eigenvalue weighted by atomic mass is 10.1. The van der Waals surface area contributed by atoms with Crippen molar-refractivity contribution in [2.75, 3.05) is 0 Å². The lowest BCUT2D eigenvalue weighted by Crippen LogP contribution is -2.37. The van der Waals surface area contributed by atoms with Gasteiger partial charge in [0.15, 0.2) is 6.10 Å². The van der Waals surface area contributed by atoms with Gasteiger partial charge in [0.05, 0.1) is 11.1 Å². The van der Waals surface area contributed by atoms with Crippen molar-refractivity contribution in [3.05, 3.63) is 80.9 Å². The molecule has 2 amide bonds. The van der Waals surface area contributed by atoms with Gasteiger partial charge in [-0.1, -0.05) is 36.4 Å². The van der Waals surface area contributed by atoms with Crippen LogP contribution in [0, 0.1) is 10.1 Å². The van der Waals surface area contributed by atoms with Crippen molar-refractivity contribution in [1.82, 2.24) is 5.06 Å². The second-order valence-corrected chi connectivity index (χ2v) is 5.75. The Morgan fingerprint density at radius 2 is 1.60 bits per heavy atom. The molecule has 0 spiro atoms. The fraction of sp³-hybridized carbons (Fsp3) is 0.176. The molecule has 0 unspecified atom stereocenters. The highest BCUT2D eigenvalue weighted by Gasteiger charge is 2.43. The number of hydroxylamine groups is 2. The van der Waals surface area contributed by atoms with Gasteiger partial charge in [0, 0.05) is 6.42 Å². The highest BCUT2D eigenvalue weighted by atomic mass is 17.0. The second kappa shape index (κ2) is 5.67. The standard InChI is InChI=1S/C17H12N2O6/c20-16-12-7-3-4-8-13(12)17(21)18(16)24-14-9-10-5-1-2-6-11(10)15(14)25-19(22)23/h1-8,14-15H,9H2/t14-,15-/m0/s1. The van der Waals surface area contributed by atoms with Crippen LogP contribution in [0.4, 0.5) is 0 Å². The molecule has 0 aromatic heterocycles. The van der Waals surface area contributed by atoms with Crippen LogP contribution in [0.25, 0.3) is 0 Å². The van der Waals surface area contributed by atoms with Gasteiger partial charge in [-0.05, 0) is 23.3 Å². The van der Waals surface area contributed by atoms with Crippen molar-refractivity contribution in [1.29, 1.82) is 0 Å². The van der Waals surface area contributed by atoms with E-state index in [1.54, 1.807) is 36.4 Å². The minimum absolute atomic E-state index is 0.245. The summed E-state index contributed by atoms with van der Waals surface area (Å²) in [6.45, 7) is 0. The van der Waals surface area contributed by atoms with Crippen molar-refractivity contribution < 1.29 is 24.4 Å². The van der Waals surface area contributed by atoms with Crippen molar-refractivity contribution in [2.24, 2.45) is 0 Å². The van der Waals surface area contributed by atoms with E-state index in [-0.39, 0.29) is 11.1 Å². The maximum Gasteiger partial charge on any atom is 0.295 e. The van der Waals surface area contributed by atoms with Crippen LogP contribution in [-0.4, -0.2) is 28.1 Å². The number of hydrogen-bond acceptors (Lipinski definition) is 6. The van der Waals surface area contributed by atoms with E-state index in [0.29, 0.717) is 17.0 Å². The van der Waals surface area contributed by atoms with Crippen molar-refractivity contribution >= 4 is 11.8 Å². The van der Waals surface area contributed by atoms with Gasteiger partial charge >= 0.3 is 0 Å². The average Bonchev–Trinajstić information content (AvgIpc) is 3.06. The predicted octanol–water partition coefficient (Wildman–Crippen LogP) is 2.09. The minimum Gasteiger partial charge on any atom is -0.303 e. The first-order valence-electron chi connectivity index (χ1n) is 7.60. The quantitative estimate of drug-likeness (QED) is 0.480. The van der Waals surface area contributed by atoms with E-state index in [0.717, 1.165) is 5.56 Å². The predicted molar refractivity (Wildman–Crippen MR) is 82.8 cm³/mol. The van der Waals surface area contributed by atoms with E-state index in [1.165, 1.54) is 12.1 Å². The Balaban J connectivity index is 1.62. The van der Waals surface area contributed by atoms with Crippen LogP contribution in [0.2, 0.25) is 0 Å². The summed E-state index contributed by atoms with van der Waals surface area (Å²) in [6, 6.07) is 13.4. The van der Waals surface area contributed by atoms with Crippen LogP contribution >= 0.6 is 0 Å². The third-order valence-corrected chi connectivity index (χ3v) is 4.32. The van der Waals surface area contributed by atoms with E-state index in [1.807, 2.05) is 0 Å². The number of carbonyl (C=O) groups is 2. The van der Waals surface area contributed by atoms with E-state index in [4.69, 9.17) is 9.68 Å². The van der Waals surface area contributed by atoms with Crippen LogP contribution < -0.4 is 0 Å². The Hall–Kier alpha value is -3.26. The van der Waals surface area contributed by atoms with E-state index in [2.05, 4.69) is 0 Å². The van der Waals surface area contributed by atoms with Crippen molar-refractivity contribution in [3.8, 4) is 0 Å². The molecule has 2 atom stereocenters. The summed E-state index contributed by atoms with van der Waals surface area (Å²) < 4.78 is 0. The van der Waals surface area contributed by atoms with Gasteiger partial charge in [0.1, 0.15) is 6.10 Å². The molecular formula is C17H12N2O6. The first-order chi connectivity index (χ1) is 12.1. The van der Waals surface area contributed by atoms with Crippen LogP contribution in [0.1, 0.15) is 37.9 Å². The Morgan fingerprint density at radius 3 is 2.24 bits per heavy atom. The molecule has 0 fully saturated rings. The molecular weight excluding hydrogens is 328 g/mol. The maximum atomic E-state index is 12.4. The van der Waals surface area contributed by atoms with Gasteiger partial charge in [-0.3, -0.25) is 14.4 Å². The Bertz CT molecular complexity index is 861. The first kappa shape index (κ1) is 15.3. The largest absolute Gasteiger partial charge is 0.303 e. The Kier molecular flexibility index (Phi) is 3.47. The molecule has 0 bridgehead atoms. The van der Waals surface area contributed by atoms with Crippen LogP contribution in [0.3, 0.4) is 0 Å². The molecule has 0 N–H and O–H groups in total. The molecule has 2 aliphatic rings. The smallest absolute Gasteiger partial charge is 0.295 e. The number of nitrogens with zero attached hydrogens (tertiary/aromatic N) is 2. The Labute approximate surface area is 141 Å². The molecule has 8 heteroatoms. The molecule has 4 rings (SSSR count).